The van der Waals surface area contributed by atoms with Crippen molar-refractivity contribution >= 4 is 46.1 Å². The van der Waals surface area contributed by atoms with Crippen molar-refractivity contribution in [3.8, 4) is 0 Å². The van der Waals surface area contributed by atoms with Crippen LogP contribution in [0.2, 0.25) is 8.67 Å². The normalized spacial score (nSPS) is 17.4. The van der Waals surface area contributed by atoms with Crippen LogP contribution >= 0.6 is 34.5 Å². The van der Waals surface area contributed by atoms with Crippen LogP contribution in [-0.2, 0) is 4.79 Å². The number of nitrogens with zero attached hydrogens (tertiary/aromatic N) is 1. The van der Waals surface area contributed by atoms with Crippen molar-refractivity contribution < 1.29 is 9.59 Å². The van der Waals surface area contributed by atoms with Gasteiger partial charge in [-0.3, -0.25) is 14.5 Å². The molecular formula is C11H11Cl2NO2S. The molecule has 0 aliphatic carbocycles. The van der Waals surface area contributed by atoms with E-state index >= 15 is 0 Å². The van der Waals surface area contributed by atoms with Gasteiger partial charge in [-0.1, -0.05) is 23.2 Å². The van der Waals surface area contributed by atoms with Crippen LogP contribution in [0.25, 0.3) is 0 Å². The lowest BCUT2D eigenvalue weighted by atomic mass is 10.1. The summed E-state index contributed by atoms with van der Waals surface area (Å²) in [7, 11) is 0. The molecule has 0 unspecified atom stereocenters. The van der Waals surface area contributed by atoms with Gasteiger partial charge in [0.1, 0.15) is 10.1 Å². The van der Waals surface area contributed by atoms with E-state index in [1.54, 1.807) is 6.07 Å². The van der Waals surface area contributed by atoms with Crippen LogP contribution in [0.1, 0.15) is 23.2 Å². The molecule has 92 valence electrons. The molecule has 2 rings (SSSR count). The summed E-state index contributed by atoms with van der Waals surface area (Å²) >= 11 is 12.9. The Balaban J connectivity index is 1.97. The second kappa shape index (κ2) is 5.48. The van der Waals surface area contributed by atoms with Gasteiger partial charge in [0.25, 0.3) is 0 Å². The summed E-state index contributed by atoms with van der Waals surface area (Å²) in [5.41, 5.74) is 0.485. The van der Waals surface area contributed by atoms with E-state index < -0.39 is 0 Å². The van der Waals surface area contributed by atoms with Gasteiger partial charge in [-0.15, -0.1) is 11.3 Å². The van der Waals surface area contributed by atoms with Gasteiger partial charge in [0.15, 0.2) is 5.78 Å². The zero-order valence-corrected chi connectivity index (χ0v) is 11.4. The van der Waals surface area contributed by atoms with E-state index in [1.165, 1.54) is 11.3 Å². The van der Waals surface area contributed by atoms with Gasteiger partial charge in [-0.25, -0.2) is 0 Å². The topological polar surface area (TPSA) is 37.4 Å². The molecule has 0 saturated carbocycles. The predicted octanol–water partition coefficient (Wildman–Crippen LogP) is 2.90. The number of Topliss-reactive ketones (excluding diaryl/α,β-unsaturated/α-hetero) is 2. The molecule has 2 heterocycles. The number of hydrogen-bond donors (Lipinski definition) is 0. The van der Waals surface area contributed by atoms with E-state index in [4.69, 9.17) is 23.2 Å². The second-order valence-corrected chi connectivity index (χ2v) is 6.26. The van der Waals surface area contributed by atoms with E-state index in [2.05, 4.69) is 0 Å². The fraction of sp³-hybridized carbons (Fsp3) is 0.455. The van der Waals surface area contributed by atoms with Gasteiger partial charge in [0.05, 0.1) is 16.4 Å². The van der Waals surface area contributed by atoms with Gasteiger partial charge >= 0.3 is 0 Å². The van der Waals surface area contributed by atoms with Crippen LogP contribution in [0, 0.1) is 0 Å². The number of carbonyl (C=O) groups excluding carboxylic acids is 2. The van der Waals surface area contributed by atoms with Crippen molar-refractivity contribution in [3.63, 3.8) is 0 Å². The number of rotatable bonds is 3. The number of likely N-dealkylation sites (tertiary alicyclic amines) is 1. The van der Waals surface area contributed by atoms with Crippen LogP contribution < -0.4 is 0 Å². The monoisotopic (exact) mass is 291 g/mol. The Hall–Kier alpha value is -0.420. The summed E-state index contributed by atoms with van der Waals surface area (Å²) in [6.45, 7) is 1.61. The maximum Gasteiger partial charge on any atom is 0.179 e. The summed E-state index contributed by atoms with van der Waals surface area (Å²) in [4.78, 5) is 25.0. The molecule has 0 radical (unpaired) electrons. The molecule has 1 aliphatic rings. The molecule has 17 heavy (non-hydrogen) atoms. The quantitative estimate of drug-likeness (QED) is 0.804. The molecule has 0 bridgehead atoms. The summed E-state index contributed by atoms with van der Waals surface area (Å²) in [5.74, 6) is 0.234. The van der Waals surface area contributed by atoms with Gasteiger partial charge in [-0.05, 0) is 6.07 Å². The molecule has 1 aromatic heterocycles. The van der Waals surface area contributed by atoms with Crippen molar-refractivity contribution in [2.75, 3.05) is 19.6 Å². The fourth-order valence-corrected chi connectivity index (χ4v) is 3.28. The first-order valence-corrected chi connectivity index (χ1v) is 6.85. The molecule has 1 aromatic rings. The molecule has 0 amide bonds. The fourth-order valence-electron chi connectivity index (χ4n) is 1.78. The summed E-state index contributed by atoms with van der Waals surface area (Å²) < 4.78 is 0.959. The highest BCUT2D eigenvalue weighted by Crippen LogP contribution is 2.31. The standard InChI is InChI=1S/C11H11Cl2NO2S/c12-10-5-8(11(13)17-10)9(16)6-14-3-1-7(15)2-4-14/h5H,1-4,6H2. The predicted molar refractivity (Wildman–Crippen MR) is 69.4 cm³/mol. The van der Waals surface area contributed by atoms with E-state index in [1.807, 2.05) is 4.90 Å². The molecule has 1 aliphatic heterocycles. The van der Waals surface area contributed by atoms with Gasteiger partial charge < -0.3 is 0 Å². The zero-order chi connectivity index (χ0) is 12.4. The summed E-state index contributed by atoms with van der Waals surface area (Å²) in [6.07, 6.45) is 1.07. The maximum absolute atomic E-state index is 12.0. The minimum absolute atomic E-state index is 0.0347. The number of piperidine rings is 1. The second-order valence-electron chi connectivity index (χ2n) is 3.98. The molecule has 0 spiro atoms. The first-order chi connectivity index (χ1) is 8.06. The van der Waals surface area contributed by atoms with Crippen molar-refractivity contribution in [1.82, 2.24) is 4.90 Å². The minimum atomic E-state index is -0.0347. The van der Waals surface area contributed by atoms with Crippen LogP contribution in [-0.4, -0.2) is 36.1 Å². The number of halogens is 2. The largest absolute Gasteiger partial charge is 0.300 e. The lowest BCUT2D eigenvalue weighted by molar-refractivity contribution is -0.121. The Morgan fingerprint density at radius 3 is 2.53 bits per heavy atom. The van der Waals surface area contributed by atoms with E-state index in [-0.39, 0.29) is 11.6 Å². The molecule has 1 fully saturated rings. The van der Waals surface area contributed by atoms with Crippen LogP contribution in [0.4, 0.5) is 0 Å². The number of ketones is 2. The van der Waals surface area contributed by atoms with Crippen molar-refractivity contribution in [1.29, 1.82) is 0 Å². The Bertz CT molecular complexity index is 448. The Morgan fingerprint density at radius 1 is 1.35 bits per heavy atom. The number of carbonyl (C=O) groups is 2. The molecular weight excluding hydrogens is 281 g/mol. The molecule has 0 atom stereocenters. The maximum atomic E-state index is 12.0. The lowest BCUT2D eigenvalue weighted by Crippen LogP contribution is -2.37. The first kappa shape index (κ1) is 13.0. The summed E-state index contributed by atoms with van der Waals surface area (Å²) in [5, 5.41) is 0. The minimum Gasteiger partial charge on any atom is -0.300 e. The van der Waals surface area contributed by atoms with E-state index in [0.29, 0.717) is 46.7 Å². The molecule has 0 N–H and O–H groups in total. The summed E-state index contributed by atoms with van der Waals surface area (Å²) in [6, 6.07) is 1.60. The van der Waals surface area contributed by atoms with E-state index in [9.17, 15) is 9.59 Å². The highest BCUT2D eigenvalue weighted by molar-refractivity contribution is 7.20. The molecule has 0 aromatic carbocycles. The zero-order valence-electron chi connectivity index (χ0n) is 9.04. The van der Waals surface area contributed by atoms with Crippen molar-refractivity contribution in [2.45, 2.75) is 12.8 Å². The SMILES string of the molecule is O=C1CCN(CC(=O)c2cc(Cl)sc2Cl)CC1. The molecule has 6 heteroatoms. The average molecular weight is 292 g/mol. The first-order valence-electron chi connectivity index (χ1n) is 5.28. The Labute approximate surface area is 113 Å². The smallest absolute Gasteiger partial charge is 0.179 e. The molecule has 3 nitrogen and oxygen atoms in total. The highest BCUT2D eigenvalue weighted by atomic mass is 35.5. The Kier molecular flexibility index (Phi) is 4.20. The third-order valence-corrected chi connectivity index (χ3v) is 4.23. The Morgan fingerprint density at radius 2 is 2.00 bits per heavy atom. The lowest BCUT2D eigenvalue weighted by Gasteiger charge is -2.24. The van der Waals surface area contributed by atoms with Crippen molar-refractivity contribution in [2.24, 2.45) is 0 Å². The third-order valence-electron chi connectivity index (χ3n) is 2.74. The average Bonchev–Trinajstić information content (AvgIpc) is 2.61. The number of thiophene rings is 1. The van der Waals surface area contributed by atoms with Gasteiger partial charge in [-0.2, -0.15) is 0 Å². The van der Waals surface area contributed by atoms with E-state index in [0.717, 1.165) is 0 Å². The van der Waals surface area contributed by atoms with Crippen molar-refractivity contribution in [3.05, 3.63) is 20.3 Å². The van der Waals surface area contributed by atoms with Crippen LogP contribution in [0.15, 0.2) is 6.07 Å². The number of hydrogen-bond acceptors (Lipinski definition) is 4. The van der Waals surface area contributed by atoms with Gasteiger partial charge in [0.2, 0.25) is 0 Å². The van der Waals surface area contributed by atoms with Crippen LogP contribution in [0.5, 0.6) is 0 Å². The molecule has 1 saturated heterocycles. The van der Waals surface area contributed by atoms with Crippen LogP contribution in [0.3, 0.4) is 0 Å². The third kappa shape index (κ3) is 3.28. The van der Waals surface area contributed by atoms with Gasteiger partial charge in [0, 0.05) is 25.9 Å². The highest BCUT2D eigenvalue weighted by Gasteiger charge is 2.21.